The minimum absolute atomic E-state index is 0. The maximum Gasteiger partial charge on any atom is 0.333 e. The fraction of sp³-hybridized carbons (Fsp3) is 0.667. The van der Waals surface area contributed by atoms with Crippen LogP contribution < -0.4 is 6.15 Å². The molecule has 0 atom stereocenters. The van der Waals surface area contributed by atoms with E-state index in [9.17, 15) is 4.79 Å². The van der Waals surface area contributed by atoms with Crippen LogP contribution in [0.1, 0.15) is 33.6 Å². The molecule has 12 heavy (non-hydrogen) atoms. The first-order valence-corrected chi connectivity index (χ1v) is 3.88. The standard InChI is InChI=1S/C9H16O2.H3N/c1-5-6-8(7(2)3)9(10)11-4;/h5-6H2,1-4H3;1H3. The Morgan fingerprint density at radius 2 is 1.83 bits per heavy atom. The first kappa shape index (κ1) is 13.7. The van der Waals surface area contributed by atoms with Crippen molar-refractivity contribution in [3.8, 4) is 0 Å². The third-order valence-corrected chi connectivity index (χ3v) is 1.54. The number of esters is 1. The zero-order chi connectivity index (χ0) is 8.85. The van der Waals surface area contributed by atoms with Gasteiger partial charge in [0.15, 0.2) is 0 Å². The van der Waals surface area contributed by atoms with Crippen LogP contribution in [-0.2, 0) is 9.53 Å². The third-order valence-electron chi connectivity index (χ3n) is 1.54. The lowest BCUT2D eigenvalue weighted by Crippen LogP contribution is -2.05. The molecule has 0 radical (unpaired) electrons. The van der Waals surface area contributed by atoms with Crippen molar-refractivity contribution in [1.29, 1.82) is 0 Å². The molecular weight excluding hydrogens is 154 g/mol. The Kier molecular flexibility index (Phi) is 7.85. The molecule has 0 heterocycles. The van der Waals surface area contributed by atoms with E-state index in [1.807, 2.05) is 20.8 Å². The Morgan fingerprint density at radius 1 is 1.33 bits per heavy atom. The molecule has 3 nitrogen and oxygen atoms in total. The molecule has 0 aliphatic rings. The summed E-state index contributed by atoms with van der Waals surface area (Å²) in [6.07, 6.45) is 1.80. The highest BCUT2D eigenvalue weighted by Gasteiger charge is 2.08. The van der Waals surface area contributed by atoms with E-state index >= 15 is 0 Å². The van der Waals surface area contributed by atoms with Crippen LogP contribution in [0.25, 0.3) is 0 Å². The number of hydrogen-bond acceptors (Lipinski definition) is 3. The van der Waals surface area contributed by atoms with E-state index in [4.69, 9.17) is 0 Å². The van der Waals surface area contributed by atoms with Gasteiger partial charge in [0.05, 0.1) is 7.11 Å². The third kappa shape index (κ3) is 4.13. The molecule has 0 aliphatic carbocycles. The Balaban J connectivity index is 0. The molecule has 0 aliphatic heterocycles. The minimum atomic E-state index is -0.188. The van der Waals surface area contributed by atoms with Gasteiger partial charge in [-0.2, -0.15) is 0 Å². The van der Waals surface area contributed by atoms with E-state index < -0.39 is 0 Å². The summed E-state index contributed by atoms with van der Waals surface area (Å²) in [4.78, 5) is 11.1. The summed E-state index contributed by atoms with van der Waals surface area (Å²) in [7, 11) is 1.42. The molecule has 0 unspecified atom stereocenters. The number of carbonyl (C=O) groups is 1. The van der Waals surface area contributed by atoms with Crippen LogP contribution in [0.5, 0.6) is 0 Å². The molecule has 0 spiro atoms. The maximum atomic E-state index is 11.1. The van der Waals surface area contributed by atoms with Gasteiger partial charge in [0.2, 0.25) is 0 Å². The van der Waals surface area contributed by atoms with Crippen LogP contribution in [0.2, 0.25) is 0 Å². The average molecular weight is 173 g/mol. The van der Waals surface area contributed by atoms with Gasteiger partial charge >= 0.3 is 5.97 Å². The first-order chi connectivity index (χ1) is 5.13. The highest BCUT2D eigenvalue weighted by molar-refractivity contribution is 5.88. The van der Waals surface area contributed by atoms with Gasteiger partial charge in [-0.3, -0.25) is 0 Å². The first-order valence-electron chi connectivity index (χ1n) is 3.88. The molecule has 72 valence electrons. The van der Waals surface area contributed by atoms with E-state index in [-0.39, 0.29) is 12.1 Å². The highest BCUT2D eigenvalue weighted by Crippen LogP contribution is 2.11. The molecule has 0 saturated carbocycles. The Labute approximate surface area is 74.4 Å². The van der Waals surface area contributed by atoms with Gasteiger partial charge in [-0.05, 0) is 20.3 Å². The van der Waals surface area contributed by atoms with Gasteiger partial charge in [-0.15, -0.1) is 0 Å². The lowest BCUT2D eigenvalue weighted by Gasteiger charge is -2.04. The van der Waals surface area contributed by atoms with Gasteiger partial charge < -0.3 is 10.9 Å². The van der Waals surface area contributed by atoms with Crippen molar-refractivity contribution in [2.45, 2.75) is 33.6 Å². The molecule has 3 N–H and O–H groups in total. The summed E-state index contributed by atoms with van der Waals surface area (Å²) in [5.74, 6) is -0.188. The number of methoxy groups -OCH3 is 1. The second kappa shape index (κ2) is 6.85. The van der Waals surface area contributed by atoms with Crippen molar-refractivity contribution < 1.29 is 9.53 Å². The smallest absolute Gasteiger partial charge is 0.333 e. The lowest BCUT2D eigenvalue weighted by molar-refractivity contribution is -0.136. The van der Waals surface area contributed by atoms with E-state index in [1.54, 1.807) is 0 Å². The molecule has 0 amide bonds. The van der Waals surface area contributed by atoms with Crippen molar-refractivity contribution in [3.63, 3.8) is 0 Å². The maximum absolute atomic E-state index is 11.1. The molecule has 0 saturated heterocycles. The van der Waals surface area contributed by atoms with Gasteiger partial charge in [-0.1, -0.05) is 18.9 Å². The monoisotopic (exact) mass is 173 g/mol. The zero-order valence-corrected chi connectivity index (χ0v) is 8.44. The van der Waals surface area contributed by atoms with Crippen molar-refractivity contribution in [2.75, 3.05) is 7.11 Å². The van der Waals surface area contributed by atoms with Crippen molar-refractivity contribution in [3.05, 3.63) is 11.1 Å². The minimum Gasteiger partial charge on any atom is -0.466 e. The van der Waals surface area contributed by atoms with Crippen molar-refractivity contribution in [1.82, 2.24) is 6.15 Å². The van der Waals surface area contributed by atoms with Gasteiger partial charge in [0.25, 0.3) is 0 Å². The summed E-state index contributed by atoms with van der Waals surface area (Å²) in [5.41, 5.74) is 1.87. The molecule has 0 rings (SSSR count). The van der Waals surface area contributed by atoms with Crippen molar-refractivity contribution in [2.24, 2.45) is 0 Å². The predicted octanol–water partition coefficient (Wildman–Crippen LogP) is 2.46. The van der Waals surface area contributed by atoms with Crippen molar-refractivity contribution >= 4 is 5.97 Å². The molecule has 0 aromatic carbocycles. The summed E-state index contributed by atoms with van der Waals surface area (Å²) in [6, 6.07) is 0. The Hall–Kier alpha value is -0.830. The second-order valence-corrected chi connectivity index (χ2v) is 2.72. The molecular formula is C9H19NO2. The lowest BCUT2D eigenvalue weighted by atomic mass is 10.1. The topological polar surface area (TPSA) is 61.3 Å². The summed E-state index contributed by atoms with van der Waals surface area (Å²) < 4.78 is 4.63. The van der Waals surface area contributed by atoms with E-state index in [1.165, 1.54) is 7.11 Å². The number of allylic oxidation sites excluding steroid dienone is 1. The molecule has 0 fully saturated rings. The van der Waals surface area contributed by atoms with Gasteiger partial charge in [0, 0.05) is 5.57 Å². The number of hydrogen-bond donors (Lipinski definition) is 1. The number of carbonyl (C=O) groups excluding carboxylic acids is 1. The van der Waals surface area contributed by atoms with Crippen LogP contribution in [0.3, 0.4) is 0 Å². The second-order valence-electron chi connectivity index (χ2n) is 2.72. The number of rotatable bonds is 3. The molecule has 3 heteroatoms. The van der Waals surface area contributed by atoms with E-state index in [0.717, 1.165) is 24.0 Å². The summed E-state index contributed by atoms with van der Waals surface area (Å²) in [6.45, 7) is 5.91. The zero-order valence-electron chi connectivity index (χ0n) is 8.44. The van der Waals surface area contributed by atoms with Crippen LogP contribution in [-0.4, -0.2) is 13.1 Å². The van der Waals surface area contributed by atoms with Crippen LogP contribution >= 0.6 is 0 Å². The van der Waals surface area contributed by atoms with E-state index in [2.05, 4.69) is 4.74 Å². The Morgan fingerprint density at radius 3 is 2.08 bits per heavy atom. The largest absolute Gasteiger partial charge is 0.466 e. The quantitative estimate of drug-likeness (QED) is 0.526. The fourth-order valence-corrected chi connectivity index (χ4v) is 0.929. The molecule has 0 bridgehead atoms. The SMILES string of the molecule is CCCC(C(=O)OC)=C(C)C.N. The summed E-state index contributed by atoms with van der Waals surface area (Å²) in [5, 5.41) is 0. The van der Waals surface area contributed by atoms with Crippen LogP contribution in [0.15, 0.2) is 11.1 Å². The fourth-order valence-electron chi connectivity index (χ4n) is 0.929. The van der Waals surface area contributed by atoms with Gasteiger partial charge in [-0.25, -0.2) is 4.79 Å². The van der Waals surface area contributed by atoms with Crippen LogP contribution in [0.4, 0.5) is 0 Å². The average Bonchev–Trinajstić information content (AvgIpc) is 1.98. The summed E-state index contributed by atoms with van der Waals surface area (Å²) >= 11 is 0. The molecule has 0 aromatic rings. The number of ether oxygens (including phenoxy) is 1. The molecule has 0 aromatic heterocycles. The normalized spacial score (nSPS) is 8.33. The Bertz CT molecular complexity index is 169. The van der Waals surface area contributed by atoms with Crippen LogP contribution in [0, 0.1) is 0 Å². The van der Waals surface area contributed by atoms with Gasteiger partial charge in [0.1, 0.15) is 0 Å². The van der Waals surface area contributed by atoms with E-state index in [0.29, 0.717) is 0 Å². The highest BCUT2D eigenvalue weighted by atomic mass is 16.5. The predicted molar refractivity (Wildman–Crippen MR) is 50.3 cm³/mol.